The van der Waals surface area contributed by atoms with Crippen LogP contribution in [0.5, 0.6) is 5.75 Å². The van der Waals surface area contributed by atoms with Crippen molar-refractivity contribution in [3.63, 3.8) is 0 Å². The van der Waals surface area contributed by atoms with Gasteiger partial charge in [-0.1, -0.05) is 17.7 Å². The minimum Gasteiger partial charge on any atom is -0.543 e. The van der Waals surface area contributed by atoms with Crippen LogP contribution in [0.1, 0.15) is 0 Å². The van der Waals surface area contributed by atoms with Crippen LogP contribution in [0.4, 0.5) is 0 Å². The summed E-state index contributed by atoms with van der Waals surface area (Å²) in [5.41, 5.74) is 0. The Morgan fingerprint density at radius 2 is 1.92 bits per heavy atom. The van der Waals surface area contributed by atoms with Crippen LogP contribution in [-0.4, -0.2) is 8.32 Å². The van der Waals surface area contributed by atoms with Gasteiger partial charge >= 0.3 is 0 Å². The Labute approximate surface area is 93.3 Å². The molecule has 0 saturated carbocycles. The fourth-order valence-electron chi connectivity index (χ4n) is 0.893. The molecule has 1 aromatic rings. The molecule has 0 aliphatic rings. The topological polar surface area (TPSA) is 9.23 Å². The first-order chi connectivity index (χ1) is 5.90. The van der Waals surface area contributed by atoms with Crippen LogP contribution in [0.15, 0.2) is 22.7 Å². The lowest BCUT2D eigenvalue weighted by Crippen LogP contribution is -2.29. The molecule has 0 fully saturated rings. The van der Waals surface area contributed by atoms with Gasteiger partial charge in [0.15, 0.2) is 0 Å². The summed E-state index contributed by atoms with van der Waals surface area (Å²) in [7, 11) is -1.56. The number of hydrogen-bond donors (Lipinski definition) is 0. The third kappa shape index (κ3) is 3.33. The molecule has 1 nitrogen and oxygen atoms in total. The largest absolute Gasteiger partial charge is 0.543 e. The van der Waals surface area contributed by atoms with Gasteiger partial charge in [-0.2, -0.15) is 0 Å². The van der Waals surface area contributed by atoms with E-state index in [1.807, 2.05) is 18.2 Å². The molecular weight excluding hydrogens is 268 g/mol. The molecule has 0 saturated heterocycles. The average Bonchev–Trinajstić information content (AvgIpc) is 1.96. The van der Waals surface area contributed by atoms with Crippen molar-refractivity contribution in [1.82, 2.24) is 0 Å². The second kappa shape index (κ2) is 4.03. The van der Waals surface area contributed by atoms with Crippen LogP contribution in [0.2, 0.25) is 24.7 Å². The summed E-state index contributed by atoms with van der Waals surface area (Å²) in [6.45, 7) is 6.39. The predicted molar refractivity (Wildman–Crippen MR) is 63.1 cm³/mol. The molecule has 0 heterocycles. The van der Waals surface area contributed by atoms with E-state index in [2.05, 4.69) is 35.6 Å². The molecule has 1 aromatic carbocycles. The monoisotopic (exact) mass is 278 g/mol. The van der Waals surface area contributed by atoms with Crippen molar-refractivity contribution in [1.29, 1.82) is 0 Å². The Morgan fingerprint density at radius 3 is 2.46 bits per heavy atom. The van der Waals surface area contributed by atoms with Crippen molar-refractivity contribution in [2.45, 2.75) is 19.6 Å². The fourth-order valence-corrected chi connectivity index (χ4v) is 2.30. The Bertz CT molecular complexity index is 309. The first kappa shape index (κ1) is 11.1. The van der Waals surface area contributed by atoms with Crippen LogP contribution in [0.25, 0.3) is 0 Å². The van der Waals surface area contributed by atoms with Gasteiger partial charge in [-0.15, -0.1) is 0 Å². The van der Waals surface area contributed by atoms with Crippen LogP contribution >= 0.6 is 27.5 Å². The number of halogens is 2. The maximum absolute atomic E-state index is 6.05. The van der Waals surface area contributed by atoms with Gasteiger partial charge in [-0.3, -0.25) is 0 Å². The summed E-state index contributed by atoms with van der Waals surface area (Å²) in [4.78, 5) is 0. The highest BCUT2D eigenvalue weighted by Gasteiger charge is 2.18. The zero-order valence-electron chi connectivity index (χ0n) is 7.90. The van der Waals surface area contributed by atoms with E-state index in [-0.39, 0.29) is 0 Å². The van der Waals surface area contributed by atoms with Crippen molar-refractivity contribution in [3.05, 3.63) is 27.7 Å². The van der Waals surface area contributed by atoms with E-state index in [0.29, 0.717) is 5.02 Å². The lowest BCUT2D eigenvalue weighted by atomic mass is 10.3. The van der Waals surface area contributed by atoms with Gasteiger partial charge in [0.25, 0.3) is 0 Å². The molecule has 0 aliphatic heterocycles. The molecule has 13 heavy (non-hydrogen) atoms. The minimum absolute atomic E-state index is 0.657. The van der Waals surface area contributed by atoms with Crippen molar-refractivity contribution in [2.75, 3.05) is 0 Å². The summed E-state index contributed by atoms with van der Waals surface area (Å²) in [6, 6.07) is 5.72. The van der Waals surface area contributed by atoms with E-state index in [9.17, 15) is 0 Å². The van der Waals surface area contributed by atoms with E-state index in [1.54, 1.807) is 0 Å². The normalized spacial score (nSPS) is 11.5. The summed E-state index contributed by atoms with van der Waals surface area (Å²) >= 11 is 9.41. The number of benzene rings is 1. The third-order valence-corrected chi connectivity index (χ3v) is 3.44. The zero-order chi connectivity index (χ0) is 10.1. The van der Waals surface area contributed by atoms with Gasteiger partial charge in [0, 0.05) is 4.47 Å². The van der Waals surface area contributed by atoms with Gasteiger partial charge in [0.05, 0.1) is 5.02 Å². The summed E-state index contributed by atoms with van der Waals surface area (Å²) in [5.74, 6) is 0.773. The maximum atomic E-state index is 6.05. The highest BCUT2D eigenvalue weighted by atomic mass is 79.9. The molecule has 72 valence electrons. The van der Waals surface area contributed by atoms with E-state index < -0.39 is 8.32 Å². The Kier molecular flexibility index (Phi) is 3.43. The summed E-state index contributed by atoms with van der Waals surface area (Å²) in [6.07, 6.45) is 0. The van der Waals surface area contributed by atoms with Gasteiger partial charge in [0.1, 0.15) is 5.75 Å². The molecule has 4 heteroatoms. The van der Waals surface area contributed by atoms with Crippen LogP contribution < -0.4 is 4.43 Å². The first-order valence-electron chi connectivity index (χ1n) is 4.03. The van der Waals surface area contributed by atoms with E-state index in [1.165, 1.54) is 0 Å². The van der Waals surface area contributed by atoms with Crippen LogP contribution in [0.3, 0.4) is 0 Å². The number of hydrogen-bond acceptors (Lipinski definition) is 1. The Balaban J connectivity index is 2.96. The zero-order valence-corrected chi connectivity index (χ0v) is 11.2. The Morgan fingerprint density at radius 1 is 1.31 bits per heavy atom. The van der Waals surface area contributed by atoms with Crippen molar-refractivity contribution >= 4 is 35.8 Å². The minimum atomic E-state index is -1.56. The smallest absolute Gasteiger partial charge is 0.242 e. The summed E-state index contributed by atoms with van der Waals surface area (Å²) < 4.78 is 6.67. The number of rotatable bonds is 2. The van der Waals surface area contributed by atoms with Crippen molar-refractivity contribution in [2.24, 2.45) is 0 Å². The quantitative estimate of drug-likeness (QED) is 0.733. The van der Waals surface area contributed by atoms with Crippen LogP contribution in [-0.2, 0) is 0 Å². The van der Waals surface area contributed by atoms with Crippen molar-refractivity contribution in [3.8, 4) is 5.75 Å². The van der Waals surface area contributed by atoms with Gasteiger partial charge in [0.2, 0.25) is 8.32 Å². The molecule has 0 unspecified atom stereocenters. The Hall–Kier alpha value is 0.00688. The van der Waals surface area contributed by atoms with E-state index in [4.69, 9.17) is 16.0 Å². The molecule has 0 bridgehead atoms. The highest BCUT2D eigenvalue weighted by Crippen LogP contribution is 2.33. The molecular formula is C9H12BrClOSi. The highest BCUT2D eigenvalue weighted by molar-refractivity contribution is 9.10. The predicted octanol–water partition coefficient (Wildman–Crippen LogP) is 4.32. The molecule has 0 spiro atoms. The maximum Gasteiger partial charge on any atom is 0.242 e. The molecule has 0 N–H and O–H groups in total. The van der Waals surface area contributed by atoms with Gasteiger partial charge < -0.3 is 4.43 Å². The van der Waals surface area contributed by atoms with Gasteiger partial charge in [-0.25, -0.2) is 0 Å². The second-order valence-corrected chi connectivity index (χ2v) is 9.43. The van der Waals surface area contributed by atoms with Crippen molar-refractivity contribution < 1.29 is 4.43 Å². The lowest BCUT2D eigenvalue weighted by Gasteiger charge is -2.20. The SMILES string of the molecule is C[Si](C)(C)Oc1cccc(Br)c1Cl. The van der Waals surface area contributed by atoms with E-state index in [0.717, 1.165) is 10.2 Å². The van der Waals surface area contributed by atoms with Crippen LogP contribution in [0, 0.1) is 0 Å². The lowest BCUT2D eigenvalue weighted by molar-refractivity contribution is 0.557. The second-order valence-electron chi connectivity index (χ2n) is 3.77. The first-order valence-corrected chi connectivity index (χ1v) is 8.61. The summed E-state index contributed by atoms with van der Waals surface area (Å²) in [5, 5.41) is 0.657. The van der Waals surface area contributed by atoms with Gasteiger partial charge in [-0.05, 0) is 47.7 Å². The molecule has 0 aromatic heterocycles. The standard InChI is InChI=1S/C9H12BrClOSi/c1-13(2,3)12-8-6-4-5-7(10)9(8)11/h4-6H,1-3H3. The average molecular weight is 280 g/mol. The molecule has 0 radical (unpaired) electrons. The van der Waals surface area contributed by atoms with E-state index >= 15 is 0 Å². The molecule has 0 aliphatic carbocycles. The molecule has 0 atom stereocenters. The molecule has 0 amide bonds. The third-order valence-electron chi connectivity index (χ3n) is 1.33. The fraction of sp³-hybridized carbons (Fsp3) is 0.333. The molecule has 1 rings (SSSR count).